The van der Waals surface area contributed by atoms with Gasteiger partial charge in [0, 0.05) is 6.42 Å². The molecule has 1 unspecified atom stereocenters. The highest BCUT2D eigenvalue weighted by Crippen LogP contribution is 2.20. The molecule has 0 radical (unpaired) electrons. The largest absolute Gasteiger partial charge is 0.480 e. The number of thioether (sulfide) groups is 2. The maximum atomic E-state index is 13.2. The summed E-state index contributed by atoms with van der Waals surface area (Å²) in [5.41, 5.74) is 15.1. The van der Waals surface area contributed by atoms with Crippen LogP contribution < -0.4 is 17.2 Å². The van der Waals surface area contributed by atoms with Crippen molar-refractivity contribution in [2.24, 2.45) is 17.2 Å². The smallest absolute Gasteiger partial charge is 0.417 e. The summed E-state index contributed by atoms with van der Waals surface area (Å²) >= 11 is 2.88. The fourth-order valence-corrected chi connectivity index (χ4v) is 4.70. The van der Waals surface area contributed by atoms with E-state index in [-0.39, 0.29) is 25.8 Å². The minimum Gasteiger partial charge on any atom is -0.480 e. The summed E-state index contributed by atoms with van der Waals surface area (Å²) < 4.78 is 18.1. The first kappa shape index (κ1) is 38.6. The second-order valence-electron chi connectivity index (χ2n) is 9.03. The molecular weight excluding hydrogens is 556 g/mol. The Kier molecular flexibility index (Phi) is 21.7. The Hall–Kier alpha value is -1.52. The number of hydrogen-bond donors (Lipinski definition) is 4. The number of nitrogens with zero attached hydrogens (tertiary/aromatic N) is 1. The Labute approximate surface area is 236 Å². The van der Waals surface area contributed by atoms with Crippen molar-refractivity contribution in [1.82, 2.24) is 4.90 Å². The third kappa shape index (κ3) is 17.1. The van der Waals surface area contributed by atoms with Crippen LogP contribution in [0.5, 0.6) is 0 Å². The predicted octanol–water partition coefficient (Wildman–Crippen LogP) is 1.30. The normalized spacial score (nSPS) is 13.4. The van der Waals surface area contributed by atoms with E-state index in [0.29, 0.717) is 35.8 Å². The van der Waals surface area contributed by atoms with Crippen LogP contribution in [0, 0.1) is 0 Å². The van der Waals surface area contributed by atoms with Crippen LogP contribution in [0.1, 0.15) is 59.3 Å². The zero-order valence-electron chi connectivity index (χ0n) is 22.9. The Bertz CT molecular complexity index is 793. The Morgan fingerprint density at radius 3 is 1.95 bits per heavy atom. The van der Waals surface area contributed by atoms with Crippen LogP contribution in [0.15, 0.2) is 0 Å². The highest BCUT2D eigenvalue weighted by Gasteiger charge is 2.42. The summed E-state index contributed by atoms with van der Waals surface area (Å²) in [6, 6.07) is -2.45. The SMILES string of the molecule is CSCC[C@H](N)C(=O)N(C(=O)OC(C)(C)C)[C@@H](CCSC)C(=O)S(=O)C(=O)CCCCCN.NCC(=O)O. The van der Waals surface area contributed by atoms with Gasteiger partial charge in [-0.05, 0) is 77.0 Å². The van der Waals surface area contributed by atoms with Crippen LogP contribution in [-0.2, 0) is 34.7 Å². The minimum absolute atomic E-state index is 0.0342. The van der Waals surface area contributed by atoms with Crippen molar-refractivity contribution in [3.05, 3.63) is 0 Å². The molecule has 0 saturated heterocycles. The number of imide groups is 1. The first-order chi connectivity index (χ1) is 17.7. The van der Waals surface area contributed by atoms with E-state index in [1.807, 2.05) is 6.26 Å². The van der Waals surface area contributed by atoms with Crippen molar-refractivity contribution in [2.75, 3.05) is 37.1 Å². The van der Waals surface area contributed by atoms with Gasteiger partial charge in [-0.15, -0.1) is 0 Å². The van der Waals surface area contributed by atoms with Gasteiger partial charge in [0.25, 0.3) is 0 Å². The molecule has 222 valence electrons. The molecule has 0 aliphatic rings. The molecule has 0 fully saturated rings. The number of carboxylic acid groups (broad SMARTS) is 1. The molecule has 38 heavy (non-hydrogen) atoms. The maximum absolute atomic E-state index is 13.2. The lowest BCUT2D eigenvalue weighted by molar-refractivity contribution is -0.137. The van der Waals surface area contributed by atoms with Gasteiger partial charge in [-0.25, -0.2) is 13.9 Å². The molecule has 0 aromatic rings. The molecule has 0 aromatic heterocycles. The first-order valence-electron chi connectivity index (χ1n) is 12.1. The summed E-state index contributed by atoms with van der Waals surface area (Å²) in [7, 11) is -2.51. The van der Waals surface area contributed by atoms with Crippen LogP contribution in [0.4, 0.5) is 4.79 Å². The van der Waals surface area contributed by atoms with E-state index < -0.39 is 56.7 Å². The number of ether oxygens (including phenoxy) is 1. The van der Waals surface area contributed by atoms with Crippen molar-refractivity contribution < 1.29 is 38.0 Å². The summed E-state index contributed by atoms with van der Waals surface area (Å²) in [5.74, 6) is -0.786. The molecule has 7 N–H and O–H groups in total. The lowest BCUT2D eigenvalue weighted by atomic mass is 10.1. The lowest BCUT2D eigenvalue weighted by Crippen LogP contribution is -2.56. The third-order valence-electron chi connectivity index (χ3n) is 4.61. The van der Waals surface area contributed by atoms with Gasteiger partial charge in [0.2, 0.25) is 16.1 Å². The molecule has 2 amide bonds. The van der Waals surface area contributed by atoms with Crippen molar-refractivity contribution in [3.63, 3.8) is 0 Å². The Morgan fingerprint density at radius 2 is 1.50 bits per heavy atom. The van der Waals surface area contributed by atoms with Gasteiger partial charge in [-0.2, -0.15) is 23.5 Å². The van der Waals surface area contributed by atoms with Crippen LogP contribution in [0.3, 0.4) is 0 Å². The highest BCUT2D eigenvalue weighted by molar-refractivity contribution is 8.13. The van der Waals surface area contributed by atoms with Crippen molar-refractivity contribution in [2.45, 2.75) is 77.0 Å². The molecule has 0 aromatic carbocycles. The van der Waals surface area contributed by atoms with Crippen LogP contribution in [-0.4, -0.2) is 97.2 Å². The van der Waals surface area contributed by atoms with Crippen LogP contribution in [0.25, 0.3) is 0 Å². The van der Waals surface area contributed by atoms with E-state index in [1.165, 1.54) is 23.5 Å². The Balaban J connectivity index is 0. The molecule has 0 saturated carbocycles. The van der Waals surface area contributed by atoms with E-state index in [0.717, 1.165) is 6.42 Å². The second kappa shape index (κ2) is 21.3. The van der Waals surface area contributed by atoms with Crippen molar-refractivity contribution in [3.8, 4) is 0 Å². The van der Waals surface area contributed by atoms with E-state index in [9.17, 15) is 28.2 Å². The van der Waals surface area contributed by atoms with E-state index in [1.54, 1.807) is 27.0 Å². The van der Waals surface area contributed by atoms with Crippen LogP contribution in [0.2, 0.25) is 0 Å². The molecule has 0 heterocycles. The van der Waals surface area contributed by atoms with Crippen molar-refractivity contribution >= 4 is 62.5 Å². The molecule has 0 aliphatic carbocycles. The number of nitrogens with two attached hydrogens (primary N) is 3. The van der Waals surface area contributed by atoms with Gasteiger partial charge in [0.15, 0.2) is 10.8 Å². The van der Waals surface area contributed by atoms with Gasteiger partial charge in [-0.3, -0.25) is 19.2 Å². The molecule has 3 atom stereocenters. The topological polar surface area (TPSA) is 213 Å². The average molecular weight is 601 g/mol. The van der Waals surface area contributed by atoms with Crippen LogP contribution >= 0.6 is 23.5 Å². The van der Waals surface area contributed by atoms with E-state index in [2.05, 4.69) is 5.73 Å². The van der Waals surface area contributed by atoms with E-state index >= 15 is 0 Å². The second-order valence-corrected chi connectivity index (χ2v) is 12.4. The molecule has 0 aliphatic heterocycles. The first-order valence-corrected chi connectivity index (χ1v) is 16.0. The third-order valence-corrected chi connectivity index (χ3v) is 7.15. The summed E-state index contributed by atoms with van der Waals surface area (Å²) in [6.45, 7) is 5.09. The fourth-order valence-electron chi connectivity index (χ4n) is 2.73. The number of amides is 2. The Morgan fingerprint density at radius 1 is 0.974 bits per heavy atom. The van der Waals surface area contributed by atoms with Gasteiger partial charge in [0.05, 0.1) is 12.6 Å². The molecule has 0 spiro atoms. The molecule has 0 bridgehead atoms. The molecular formula is C23H44N4O8S3. The fraction of sp³-hybridized carbons (Fsp3) is 0.783. The van der Waals surface area contributed by atoms with Gasteiger partial charge in [0.1, 0.15) is 11.6 Å². The number of unbranched alkanes of at least 4 members (excludes halogenated alkanes) is 2. The number of carbonyl (C=O) groups excluding carboxylic acids is 4. The molecule has 0 rings (SSSR count). The number of aliphatic carboxylic acids is 1. The summed E-state index contributed by atoms with van der Waals surface area (Å²) in [5, 5.41) is 5.89. The highest BCUT2D eigenvalue weighted by atomic mass is 32.2. The summed E-state index contributed by atoms with van der Waals surface area (Å²) in [6.07, 6.45) is 4.74. The van der Waals surface area contributed by atoms with Gasteiger partial charge < -0.3 is 27.0 Å². The monoisotopic (exact) mass is 600 g/mol. The molecule has 12 nitrogen and oxygen atoms in total. The average Bonchev–Trinajstić information content (AvgIpc) is 2.85. The maximum Gasteiger partial charge on any atom is 0.417 e. The minimum atomic E-state index is -2.51. The number of carboxylic acids is 1. The number of hydrogen-bond acceptors (Lipinski definition) is 12. The zero-order chi connectivity index (χ0) is 29.9. The van der Waals surface area contributed by atoms with Gasteiger partial charge in [-0.1, -0.05) is 6.42 Å². The molecule has 15 heteroatoms. The number of carbonyl (C=O) groups is 5. The summed E-state index contributed by atoms with van der Waals surface area (Å²) in [4.78, 5) is 61.6. The number of rotatable bonds is 15. The zero-order valence-corrected chi connectivity index (χ0v) is 25.4. The van der Waals surface area contributed by atoms with E-state index in [4.69, 9.17) is 21.3 Å². The quantitative estimate of drug-likeness (QED) is 0.195. The predicted molar refractivity (Wildman–Crippen MR) is 153 cm³/mol. The standard InChI is InChI=1S/C21H39N3O6S3.C2H5NO2/c1-21(2,3)30-20(28)24(18(26)15(23)10-13-31-4)16(11-14-32-5)19(27)33(29)17(25)9-7-6-8-12-22;3-1-2(4)5/h15-16H,6-14,22-23H2,1-5H3;1,3H2,(H,4,5)/t15-,16-,33?;/m0./s1. The van der Waals surface area contributed by atoms with Gasteiger partial charge >= 0.3 is 12.1 Å². The lowest BCUT2D eigenvalue weighted by Gasteiger charge is -2.32. The van der Waals surface area contributed by atoms with Crippen molar-refractivity contribution in [1.29, 1.82) is 0 Å².